The Morgan fingerprint density at radius 1 is 1.06 bits per heavy atom. The highest BCUT2D eigenvalue weighted by Crippen LogP contribution is 2.32. The van der Waals surface area contributed by atoms with Crippen molar-refractivity contribution < 1.29 is 22.7 Å². The average Bonchev–Trinajstić information content (AvgIpc) is 3.31. The first-order chi connectivity index (χ1) is 16.2. The minimum Gasteiger partial charge on any atom is -0.410 e. The molecule has 0 spiro atoms. The molecule has 34 heavy (non-hydrogen) atoms. The van der Waals surface area contributed by atoms with E-state index in [4.69, 9.17) is 4.74 Å². The summed E-state index contributed by atoms with van der Waals surface area (Å²) < 4.78 is 46.1. The number of rotatable bonds is 5. The standard InChI is InChI=1S/C22H18F3N7O2/c1-13-3-5-15(6-4-13)16-7-18(32-20(22(23,24)25)29-30-31-32)9-19(8-16)34-21(33)28-14(2)17-10-26-12-27-11-17/h3-12,14H,1-2H3,(H,28,33). The van der Waals surface area contributed by atoms with Gasteiger partial charge in [0.2, 0.25) is 0 Å². The maximum Gasteiger partial charge on any atom is 0.453 e. The van der Waals surface area contributed by atoms with Crippen molar-refractivity contribution in [3.63, 3.8) is 0 Å². The van der Waals surface area contributed by atoms with E-state index in [2.05, 4.69) is 30.8 Å². The maximum absolute atomic E-state index is 13.4. The van der Waals surface area contributed by atoms with E-state index in [1.54, 1.807) is 37.5 Å². The molecule has 0 aliphatic rings. The Bertz CT molecular complexity index is 1290. The normalized spacial score (nSPS) is 12.3. The van der Waals surface area contributed by atoms with E-state index < -0.39 is 24.1 Å². The highest BCUT2D eigenvalue weighted by atomic mass is 19.4. The number of carbonyl (C=O) groups is 1. The van der Waals surface area contributed by atoms with Crippen LogP contribution in [0.3, 0.4) is 0 Å². The van der Waals surface area contributed by atoms with Crippen LogP contribution in [0.2, 0.25) is 0 Å². The summed E-state index contributed by atoms with van der Waals surface area (Å²) in [6.45, 7) is 3.62. The number of aryl methyl sites for hydroxylation is 1. The molecule has 2 aromatic carbocycles. The first-order valence-corrected chi connectivity index (χ1v) is 10.0. The molecule has 4 rings (SSSR count). The van der Waals surface area contributed by atoms with Gasteiger partial charge in [-0.15, -0.1) is 5.10 Å². The van der Waals surface area contributed by atoms with Crippen LogP contribution in [0.1, 0.15) is 29.9 Å². The summed E-state index contributed by atoms with van der Waals surface area (Å²) in [4.78, 5) is 20.3. The van der Waals surface area contributed by atoms with Gasteiger partial charge in [0.25, 0.3) is 5.82 Å². The third-order valence-corrected chi connectivity index (χ3v) is 4.87. The summed E-state index contributed by atoms with van der Waals surface area (Å²) >= 11 is 0. The van der Waals surface area contributed by atoms with Gasteiger partial charge in [-0.1, -0.05) is 29.8 Å². The molecule has 1 unspecified atom stereocenters. The number of hydrogen-bond acceptors (Lipinski definition) is 7. The van der Waals surface area contributed by atoms with Crippen LogP contribution < -0.4 is 10.1 Å². The second-order valence-electron chi connectivity index (χ2n) is 7.42. The fourth-order valence-electron chi connectivity index (χ4n) is 3.15. The van der Waals surface area contributed by atoms with Crippen LogP contribution in [-0.2, 0) is 6.18 Å². The van der Waals surface area contributed by atoms with Gasteiger partial charge in [-0.3, -0.25) is 0 Å². The number of tetrazole rings is 1. The molecule has 0 saturated heterocycles. The largest absolute Gasteiger partial charge is 0.453 e. The van der Waals surface area contributed by atoms with E-state index in [1.165, 1.54) is 18.5 Å². The van der Waals surface area contributed by atoms with E-state index in [9.17, 15) is 18.0 Å². The molecule has 1 N–H and O–H groups in total. The lowest BCUT2D eigenvalue weighted by Gasteiger charge is -2.15. The van der Waals surface area contributed by atoms with Crippen LogP contribution >= 0.6 is 0 Å². The quantitative estimate of drug-likeness (QED) is 0.464. The van der Waals surface area contributed by atoms with Crippen molar-refractivity contribution in [2.45, 2.75) is 26.1 Å². The predicted octanol–water partition coefficient (Wildman–Crippen LogP) is 4.30. The van der Waals surface area contributed by atoms with E-state index in [0.29, 0.717) is 21.4 Å². The van der Waals surface area contributed by atoms with Crippen LogP contribution in [0.5, 0.6) is 5.75 Å². The molecule has 1 amide bonds. The average molecular weight is 469 g/mol. The van der Waals surface area contributed by atoms with Crippen molar-refractivity contribution in [2.75, 3.05) is 0 Å². The Balaban J connectivity index is 1.68. The zero-order valence-electron chi connectivity index (χ0n) is 18.0. The number of nitrogens with zero attached hydrogens (tertiary/aromatic N) is 6. The Kier molecular flexibility index (Phi) is 6.21. The van der Waals surface area contributed by atoms with Crippen molar-refractivity contribution >= 4 is 6.09 Å². The molecule has 2 aromatic heterocycles. The summed E-state index contributed by atoms with van der Waals surface area (Å²) in [7, 11) is 0. The molecule has 174 valence electrons. The molecule has 2 heterocycles. The number of nitrogens with one attached hydrogen (secondary N) is 1. The lowest BCUT2D eigenvalue weighted by molar-refractivity contribution is -0.146. The summed E-state index contributed by atoms with van der Waals surface area (Å²) in [6.07, 6.45) is -1.14. The highest BCUT2D eigenvalue weighted by molar-refractivity contribution is 5.74. The second kappa shape index (κ2) is 9.25. The molecule has 12 heteroatoms. The molecule has 0 saturated carbocycles. The molecular formula is C22H18F3N7O2. The van der Waals surface area contributed by atoms with E-state index in [1.807, 2.05) is 19.1 Å². The fraction of sp³-hybridized carbons (Fsp3) is 0.182. The van der Waals surface area contributed by atoms with Crippen molar-refractivity contribution in [1.82, 2.24) is 35.5 Å². The smallest absolute Gasteiger partial charge is 0.410 e. The van der Waals surface area contributed by atoms with Crippen LogP contribution in [0.15, 0.2) is 61.2 Å². The van der Waals surface area contributed by atoms with Gasteiger partial charge in [-0.25, -0.2) is 14.8 Å². The Morgan fingerprint density at radius 2 is 1.76 bits per heavy atom. The number of ether oxygens (including phenoxy) is 1. The van der Waals surface area contributed by atoms with Crippen molar-refractivity contribution in [2.24, 2.45) is 0 Å². The Morgan fingerprint density at radius 3 is 2.44 bits per heavy atom. The highest BCUT2D eigenvalue weighted by Gasteiger charge is 2.38. The molecule has 1 atom stereocenters. The zero-order valence-corrected chi connectivity index (χ0v) is 18.0. The number of aromatic nitrogens is 6. The van der Waals surface area contributed by atoms with Gasteiger partial charge in [0.05, 0.1) is 11.7 Å². The van der Waals surface area contributed by atoms with Crippen LogP contribution in [0, 0.1) is 6.92 Å². The fourth-order valence-corrected chi connectivity index (χ4v) is 3.15. The van der Waals surface area contributed by atoms with Crippen molar-refractivity contribution in [3.05, 3.63) is 78.1 Å². The van der Waals surface area contributed by atoms with Gasteiger partial charge in [0.1, 0.15) is 12.1 Å². The summed E-state index contributed by atoms with van der Waals surface area (Å²) in [5.74, 6) is -1.30. The van der Waals surface area contributed by atoms with Gasteiger partial charge in [-0.2, -0.15) is 17.9 Å². The molecule has 0 radical (unpaired) electrons. The minimum absolute atomic E-state index is 0.00529. The lowest BCUT2D eigenvalue weighted by atomic mass is 10.0. The van der Waals surface area contributed by atoms with Gasteiger partial charge in [0.15, 0.2) is 0 Å². The number of amides is 1. The molecule has 0 aliphatic carbocycles. The van der Waals surface area contributed by atoms with Crippen LogP contribution in [0.4, 0.5) is 18.0 Å². The van der Waals surface area contributed by atoms with Crippen LogP contribution in [0.25, 0.3) is 16.8 Å². The summed E-state index contributed by atoms with van der Waals surface area (Å²) in [6, 6.07) is 11.1. The molecule has 4 aromatic rings. The van der Waals surface area contributed by atoms with E-state index in [0.717, 1.165) is 5.56 Å². The molecule has 0 bridgehead atoms. The maximum atomic E-state index is 13.4. The zero-order chi connectivity index (χ0) is 24.3. The van der Waals surface area contributed by atoms with Crippen LogP contribution in [-0.4, -0.2) is 36.3 Å². The minimum atomic E-state index is -4.78. The monoisotopic (exact) mass is 469 g/mol. The summed E-state index contributed by atoms with van der Waals surface area (Å²) in [5, 5.41) is 12.3. The third kappa shape index (κ3) is 5.17. The van der Waals surface area contributed by atoms with Gasteiger partial charge < -0.3 is 10.1 Å². The molecule has 0 fully saturated rings. The molecule has 9 nitrogen and oxygen atoms in total. The summed E-state index contributed by atoms with van der Waals surface area (Å²) in [5.41, 5.74) is 2.84. The number of benzene rings is 2. The van der Waals surface area contributed by atoms with Crippen molar-refractivity contribution in [1.29, 1.82) is 0 Å². The lowest BCUT2D eigenvalue weighted by Crippen LogP contribution is -2.29. The Hall–Kier alpha value is -4.35. The number of hydrogen-bond donors (Lipinski definition) is 1. The number of alkyl halides is 3. The van der Waals surface area contributed by atoms with Crippen molar-refractivity contribution in [3.8, 4) is 22.6 Å². The third-order valence-electron chi connectivity index (χ3n) is 4.87. The first kappa shape index (κ1) is 22.8. The predicted molar refractivity (Wildman–Crippen MR) is 114 cm³/mol. The number of carbonyl (C=O) groups excluding carboxylic acids is 1. The SMILES string of the molecule is Cc1ccc(-c2cc(OC(=O)NC(C)c3cncnc3)cc(-n3nnnc3C(F)(F)F)c2)cc1. The number of halogens is 3. The second-order valence-corrected chi connectivity index (χ2v) is 7.42. The first-order valence-electron chi connectivity index (χ1n) is 10.0. The van der Waals surface area contributed by atoms with Gasteiger partial charge >= 0.3 is 12.3 Å². The topological polar surface area (TPSA) is 108 Å². The molecule has 0 aliphatic heterocycles. The Labute approximate surface area is 191 Å². The van der Waals surface area contributed by atoms with E-state index in [-0.39, 0.29) is 11.4 Å². The van der Waals surface area contributed by atoms with E-state index >= 15 is 0 Å². The van der Waals surface area contributed by atoms with Gasteiger partial charge in [0, 0.05) is 24.0 Å². The van der Waals surface area contributed by atoms with Gasteiger partial charge in [-0.05, 0) is 47.5 Å². The molecular weight excluding hydrogens is 451 g/mol.